The van der Waals surface area contributed by atoms with Gasteiger partial charge < -0.3 is 5.73 Å². The van der Waals surface area contributed by atoms with Gasteiger partial charge in [-0.2, -0.15) is 0 Å². The van der Waals surface area contributed by atoms with E-state index in [1.165, 1.54) is 6.26 Å². The van der Waals surface area contributed by atoms with Crippen molar-refractivity contribution in [1.29, 1.82) is 0 Å². The molecule has 0 aliphatic heterocycles. The van der Waals surface area contributed by atoms with Gasteiger partial charge in [-0.25, -0.2) is 8.42 Å². The molecule has 0 bridgehead atoms. The number of nitrogens with two attached hydrogens (primary N) is 1. The average molecular weight is 241 g/mol. The van der Waals surface area contributed by atoms with Crippen molar-refractivity contribution in [3.05, 3.63) is 29.8 Å². The molecule has 0 aromatic heterocycles. The SMILES string of the molecule is CCCC[C@H](N)c1ccc(S(C)(=O)=O)cc1. The molecule has 0 saturated carbocycles. The number of unbranched alkanes of at least 4 members (excludes halogenated alkanes) is 1. The lowest BCUT2D eigenvalue weighted by Gasteiger charge is -2.11. The summed E-state index contributed by atoms with van der Waals surface area (Å²) in [6.07, 6.45) is 4.36. The number of sulfone groups is 1. The van der Waals surface area contributed by atoms with Crippen molar-refractivity contribution in [3.63, 3.8) is 0 Å². The number of benzene rings is 1. The molecule has 1 rings (SSSR count). The predicted molar refractivity (Wildman–Crippen MR) is 66.0 cm³/mol. The summed E-state index contributed by atoms with van der Waals surface area (Å²) >= 11 is 0. The van der Waals surface area contributed by atoms with Crippen LogP contribution in [0.2, 0.25) is 0 Å². The summed E-state index contributed by atoms with van der Waals surface area (Å²) in [5.41, 5.74) is 6.99. The smallest absolute Gasteiger partial charge is 0.175 e. The fourth-order valence-corrected chi connectivity index (χ4v) is 2.18. The average Bonchev–Trinajstić information content (AvgIpc) is 2.25. The van der Waals surface area contributed by atoms with Crippen molar-refractivity contribution in [2.75, 3.05) is 6.26 Å². The molecule has 1 aromatic carbocycles. The first kappa shape index (κ1) is 13.2. The van der Waals surface area contributed by atoms with Crippen LogP contribution in [-0.2, 0) is 9.84 Å². The normalized spacial score (nSPS) is 13.7. The van der Waals surface area contributed by atoms with Crippen LogP contribution in [0.4, 0.5) is 0 Å². The van der Waals surface area contributed by atoms with E-state index >= 15 is 0 Å². The maximum atomic E-state index is 11.3. The molecule has 16 heavy (non-hydrogen) atoms. The molecule has 0 heterocycles. The third-order valence-electron chi connectivity index (χ3n) is 2.61. The highest BCUT2D eigenvalue weighted by Crippen LogP contribution is 2.18. The maximum absolute atomic E-state index is 11.3. The highest BCUT2D eigenvalue weighted by molar-refractivity contribution is 7.90. The summed E-state index contributed by atoms with van der Waals surface area (Å²) in [7, 11) is -3.10. The van der Waals surface area contributed by atoms with E-state index in [4.69, 9.17) is 5.73 Å². The van der Waals surface area contributed by atoms with Crippen molar-refractivity contribution in [2.24, 2.45) is 5.73 Å². The van der Waals surface area contributed by atoms with E-state index < -0.39 is 9.84 Å². The largest absolute Gasteiger partial charge is 0.324 e. The van der Waals surface area contributed by atoms with Gasteiger partial charge in [-0.05, 0) is 24.1 Å². The van der Waals surface area contributed by atoms with Crippen molar-refractivity contribution >= 4 is 9.84 Å². The molecular formula is C12H19NO2S. The van der Waals surface area contributed by atoms with E-state index in [0.29, 0.717) is 4.90 Å². The molecule has 90 valence electrons. The lowest BCUT2D eigenvalue weighted by molar-refractivity contribution is 0.598. The van der Waals surface area contributed by atoms with Crippen LogP contribution in [0.3, 0.4) is 0 Å². The highest BCUT2D eigenvalue weighted by atomic mass is 32.2. The molecule has 2 N–H and O–H groups in total. The molecule has 0 unspecified atom stereocenters. The zero-order valence-electron chi connectivity index (χ0n) is 9.81. The van der Waals surface area contributed by atoms with Gasteiger partial charge in [0, 0.05) is 12.3 Å². The van der Waals surface area contributed by atoms with Gasteiger partial charge in [-0.3, -0.25) is 0 Å². The van der Waals surface area contributed by atoms with E-state index in [-0.39, 0.29) is 6.04 Å². The Morgan fingerprint density at radius 2 is 1.81 bits per heavy atom. The third-order valence-corrected chi connectivity index (χ3v) is 3.73. The molecule has 0 saturated heterocycles. The Morgan fingerprint density at radius 3 is 2.25 bits per heavy atom. The Labute approximate surface area is 97.6 Å². The van der Waals surface area contributed by atoms with E-state index in [1.807, 2.05) is 0 Å². The van der Waals surface area contributed by atoms with Gasteiger partial charge in [0.15, 0.2) is 9.84 Å². The summed E-state index contributed by atoms with van der Waals surface area (Å²) in [5, 5.41) is 0. The molecule has 0 spiro atoms. The Kier molecular flexibility index (Phi) is 4.50. The maximum Gasteiger partial charge on any atom is 0.175 e. The first-order chi connectivity index (χ1) is 7.45. The van der Waals surface area contributed by atoms with Gasteiger partial charge in [0.2, 0.25) is 0 Å². The van der Waals surface area contributed by atoms with Crippen LogP contribution in [0.5, 0.6) is 0 Å². The zero-order chi connectivity index (χ0) is 12.2. The van der Waals surface area contributed by atoms with Gasteiger partial charge in [-0.1, -0.05) is 31.9 Å². The standard InChI is InChI=1S/C12H19NO2S/c1-3-4-5-12(13)10-6-8-11(9-7-10)16(2,14)15/h6-9,12H,3-5,13H2,1-2H3/t12-/m0/s1. The molecule has 0 aliphatic carbocycles. The molecular weight excluding hydrogens is 222 g/mol. The number of hydrogen-bond acceptors (Lipinski definition) is 3. The van der Waals surface area contributed by atoms with Crippen molar-refractivity contribution in [3.8, 4) is 0 Å². The second-order valence-electron chi connectivity index (χ2n) is 4.09. The minimum Gasteiger partial charge on any atom is -0.324 e. The highest BCUT2D eigenvalue weighted by Gasteiger charge is 2.09. The fourth-order valence-electron chi connectivity index (χ4n) is 1.55. The molecule has 1 aromatic rings. The van der Waals surface area contributed by atoms with Crippen LogP contribution in [0.1, 0.15) is 37.8 Å². The minimum atomic E-state index is -3.10. The number of rotatable bonds is 5. The van der Waals surface area contributed by atoms with Gasteiger partial charge in [-0.15, -0.1) is 0 Å². The monoisotopic (exact) mass is 241 g/mol. The zero-order valence-corrected chi connectivity index (χ0v) is 10.6. The molecule has 0 fully saturated rings. The first-order valence-electron chi connectivity index (χ1n) is 5.50. The van der Waals surface area contributed by atoms with E-state index in [9.17, 15) is 8.42 Å². The van der Waals surface area contributed by atoms with Crippen molar-refractivity contribution in [1.82, 2.24) is 0 Å². The van der Waals surface area contributed by atoms with Gasteiger partial charge in [0.1, 0.15) is 0 Å². The predicted octanol–water partition coefficient (Wildman–Crippen LogP) is 2.28. The third kappa shape index (κ3) is 3.61. The van der Waals surface area contributed by atoms with E-state index in [1.54, 1.807) is 24.3 Å². The molecule has 0 amide bonds. The molecule has 3 nitrogen and oxygen atoms in total. The van der Waals surface area contributed by atoms with Gasteiger partial charge in [0.25, 0.3) is 0 Å². The summed E-state index contributed by atoms with van der Waals surface area (Å²) in [5.74, 6) is 0. The van der Waals surface area contributed by atoms with Gasteiger partial charge >= 0.3 is 0 Å². The van der Waals surface area contributed by atoms with Crippen LogP contribution in [0.15, 0.2) is 29.2 Å². The van der Waals surface area contributed by atoms with Crippen LogP contribution >= 0.6 is 0 Å². The fraction of sp³-hybridized carbons (Fsp3) is 0.500. The topological polar surface area (TPSA) is 60.2 Å². The van der Waals surface area contributed by atoms with Crippen LogP contribution in [0, 0.1) is 0 Å². The van der Waals surface area contributed by atoms with Crippen LogP contribution in [-0.4, -0.2) is 14.7 Å². The lowest BCUT2D eigenvalue weighted by atomic mass is 10.0. The van der Waals surface area contributed by atoms with E-state index in [0.717, 1.165) is 24.8 Å². The van der Waals surface area contributed by atoms with E-state index in [2.05, 4.69) is 6.92 Å². The summed E-state index contributed by atoms with van der Waals surface area (Å²) in [6, 6.07) is 6.86. The van der Waals surface area contributed by atoms with Crippen LogP contribution in [0.25, 0.3) is 0 Å². The summed E-state index contributed by atoms with van der Waals surface area (Å²) < 4.78 is 22.5. The number of hydrogen-bond donors (Lipinski definition) is 1. The Morgan fingerprint density at radius 1 is 1.25 bits per heavy atom. The quantitative estimate of drug-likeness (QED) is 0.860. The van der Waals surface area contributed by atoms with Gasteiger partial charge in [0.05, 0.1) is 4.90 Å². The molecule has 4 heteroatoms. The Balaban J connectivity index is 2.79. The van der Waals surface area contributed by atoms with Crippen molar-refractivity contribution < 1.29 is 8.42 Å². The molecule has 1 atom stereocenters. The minimum absolute atomic E-state index is 0.00793. The summed E-state index contributed by atoms with van der Waals surface area (Å²) in [6.45, 7) is 2.12. The Hall–Kier alpha value is -0.870. The van der Waals surface area contributed by atoms with Crippen LogP contribution < -0.4 is 5.73 Å². The second-order valence-corrected chi connectivity index (χ2v) is 6.11. The van der Waals surface area contributed by atoms with Crippen molar-refractivity contribution in [2.45, 2.75) is 37.1 Å². The lowest BCUT2D eigenvalue weighted by Crippen LogP contribution is -2.10. The summed E-state index contributed by atoms with van der Waals surface area (Å²) in [4.78, 5) is 0.346. The molecule has 0 radical (unpaired) electrons. The molecule has 0 aliphatic rings. The second kappa shape index (κ2) is 5.46. The first-order valence-corrected chi connectivity index (χ1v) is 7.40. The Bertz CT molecular complexity index is 423.